The van der Waals surface area contributed by atoms with Crippen molar-refractivity contribution in [3.63, 3.8) is 0 Å². The number of azo groups is 1. The van der Waals surface area contributed by atoms with E-state index in [1.165, 1.54) is 0 Å². The number of nitrogens with two attached hydrogens (primary N) is 1. The van der Waals surface area contributed by atoms with Crippen molar-refractivity contribution >= 4 is 17.6 Å². The molecule has 0 aromatic carbocycles. The molecule has 2 heterocycles. The van der Waals surface area contributed by atoms with Gasteiger partial charge >= 0.3 is 0 Å². The predicted molar refractivity (Wildman–Crippen MR) is 55.6 cm³/mol. The first-order chi connectivity index (χ1) is 6.75. The lowest BCUT2D eigenvalue weighted by molar-refractivity contribution is 0.308. The number of halogens is 1. The Balaban J connectivity index is 1.93. The molecule has 78 valence electrons. The van der Waals surface area contributed by atoms with Gasteiger partial charge in [-0.1, -0.05) is 11.6 Å². The minimum atomic E-state index is -0.286. The third-order valence-electron chi connectivity index (χ3n) is 2.48. The summed E-state index contributed by atoms with van der Waals surface area (Å²) in [6.07, 6.45) is 2.00. The molecule has 14 heavy (non-hydrogen) atoms. The topological polar surface area (TPSA) is 66.3 Å². The molecule has 1 saturated heterocycles. The van der Waals surface area contributed by atoms with E-state index in [1.54, 1.807) is 0 Å². The highest BCUT2D eigenvalue weighted by Crippen LogP contribution is 2.13. The van der Waals surface area contributed by atoms with Gasteiger partial charge in [0.1, 0.15) is 0 Å². The molecule has 2 N–H and O–H groups in total. The van der Waals surface area contributed by atoms with Gasteiger partial charge in [-0.2, -0.15) is 5.11 Å². The van der Waals surface area contributed by atoms with Crippen molar-refractivity contribution in [1.29, 1.82) is 0 Å². The van der Waals surface area contributed by atoms with Gasteiger partial charge in [-0.05, 0) is 12.8 Å². The van der Waals surface area contributed by atoms with E-state index in [0.29, 0.717) is 18.5 Å². The SMILES string of the molecule is NC1CCN(C2=NCC(Cl)N=N2)CC1. The summed E-state index contributed by atoms with van der Waals surface area (Å²) in [7, 11) is 0. The van der Waals surface area contributed by atoms with Crippen LogP contribution >= 0.6 is 11.6 Å². The van der Waals surface area contributed by atoms with Crippen LogP contribution in [-0.2, 0) is 0 Å². The monoisotopic (exact) mass is 215 g/mol. The lowest BCUT2D eigenvalue weighted by Gasteiger charge is -2.31. The molecular formula is C8H14ClN5. The molecular weight excluding hydrogens is 202 g/mol. The van der Waals surface area contributed by atoms with Gasteiger partial charge in [0.25, 0.3) is 0 Å². The van der Waals surface area contributed by atoms with Crippen molar-refractivity contribution in [1.82, 2.24) is 4.90 Å². The molecule has 0 radical (unpaired) electrons. The molecule has 0 aromatic heterocycles. The molecule has 0 aromatic rings. The summed E-state index contributed by atoms with van der Waals surface area (Å²) in [5.41, 5.74) is 5.52. The smallest absolute Gasteiger partial charge is 0.240 e. The maximum Gasteiger partial charge on any atom is 0.240 e. The average molecular weight is 216 g/mol. The number of aliphatic imine (C=N–C) groups is 1. The fourth-order valence-electron chi connectivity index (χ4n) is 1.60. The molecule has 0 aliphatic carbocycles. The van der Waals surface area contributed by atoms with E-state index in [0.717, 1.165) is 25.9 Å². The Morgan fingerprint density at radius 1 is 1.36 bits per heavy atom. The van der Waals surface area contributed by atoms with Gasteiger partial charge in [-0.3, -0.25) is 0 Å². The Morgan fingerprint density at radius 3 is 2.64 bits per heavy atom. The summed E-state index contributed by atoms with van der Waals surface area (Å²) in [5.74, 6) is 0.716. The van der Waals surface area contributed by atoms with Crippen LogP contribution in [0, 0.1) is 0 Å². The zero-order chi connectivity index (χ0) is 9.97. The van der Waals surface area contributed by atoms with Crippen molar-refractivity contribution in [3.05, 3.63) is 0 Å². The molecule has 0 bridgehead atoms. The van der Waals surface area contributed by atoms with Gasteiger partial charge in [0.15, 0.2) is 5.50 Å². The number of piperidine rings is 1. The molecule has 6 heteroatoms. The van der Waals surface area contributed by atoms with Crippen molar-refractivity contribution in [3.8, 4) is 0 Å². The van der Waals surface area contributed by atoms with Gasteiger partial charge in [0.2, 0.25) is 5.96 Å². The number of likely N-dealkylation sites (tertiary alicyclic amines) is 1. The molecule has 2 aliphatic rings. The Hall–Kier alpha value is -0.680. The van der Waals surface area contributed by atoms with Crippen LogP contribution in [0.4, 0.5) is 0 Å². The second-order valence-electron chi connectivity index (χ2n) is 3.62. The molecule has 2 aliphatic heterocycles. The van der Waals surface area contributed by atoms with Crippen LogP contribution in [0.3, 0.4) is 0 Å². The van der Waals surface area contributed by atoms with Crippen LogP contribution in [-0.4, -0.2) is 42.0 Å². The third kappa shape index (κ3) is 2.22. The first-order valence-electron chi connectivity index (χ1n) is 4.85. The summed E-state index contributed by atoms with van der Waals surface area (Å²) in [6, 6.07) is 0.327. The quantitative estimate of drug-likeness (QED) is 0.480. The maximum atomic E-state index is 5.81. The van der Waals surface area contributed by atoms with Crippen molar-refractivity contribution in [2.75, 3.05) is 19.6 Å². The van der Waals surface area contributed by atoms with Gasteiger partial charge in [0, 0.05) is 19.1 Å². The summed E-state index contributed by atoms with van der Waals surface area (Å²) < 4.78 is 0. The Bertz CT molecular complexity index is 256. The minimum absolute atomic E-state index is 0.286. The van der Waals surface area contributed by atoms with Crippen LogP contribution in [0.25, 0.3) is 0 Å². The van der Waals surface area contributed by atoms with Crippen LogP contribution in [0.1, 0.15) is 12.8 Å². The highest BCUT2D eigenvalue weighted by Gasteiger charge is 2.21. The number of hydrogen-bond donors (Lipinski definition) is 1. The standard InChI is InChI=1S/C8H14ClN5/c9-7-5-11-8(13-12-7)14-3-1-6(10)2-4-14/h6-7H,1-5,10H2. The summed E-state index contributed by atoms with van der Waals surface area (Å²) in [4.78, 5) is 6.39. The van der Waals surface area contributed by atoms with Gasteiger partial charge in [-0.25, -0.2) is 4.99 Å². The van der Waals surface area contributed by atoms with E-state index >= 15 is 0 Å². The van der Waals surface area contributed by atoms with E-state index in [2.05, 4.69) is 20.1 Å². The number of rotatable bonds is 0. The highest BCUT2D eigenvalue weighted by molar-refractivity contribution is 6.20. The molecule has 1 atom stereocenters. The van der Waals surface area contributed by atoms with Gasteiger partial charge in [0.05, 0.1) is 6.54 Å². The number of guanidine groups is 1. The Labute approximate surface area is 88.0 Å². The predicted octanol–water partition coefficient (Wildman–Crippen LogP) is 0.796. The molecule has 2 rings (SSSR count). The van der Waals surface area contributed by atoms with Crippen molar-refractivity contribution in [2.45, 2.75) is 24.4 Å². The molecule has 1 unspecified atom stereocenters. The maximum absolute atomic E-state index is 5.81. The van der Waals surface area contributed by atoms with Crippen molar-refractivity contribution in [2.24, 2.45) is 21.0 Å². The molecule has 0 amide bonds. The molecule has 0 saturated carbocycles. The summed E-state index contributed by atoms with van der Waals surface area (Å²) in [5, 5.41) is 7.88. The molecule has 1 fully saturated rings. The number of hydrogen-bond acceptors (Lipinski definition) is 5. The Kier molecular flexibility index (Phi) is 2.98. The van der Waals surface area contributed by atoms with E-state index < -0.39 is 0 Å². The minimum Gasteiger partial charge on any atom is -0.340 e. The number of alkyl halides is 1. The first-order valence-corrected chi connectivity index (χ1v) is 5.29. The van der Waals surface area contributed by atoms with Crippen LogP contribution in [0.2, 0.25) is 0 Å². The fraction of sp³-hybridized carbons (Fsp3) is 0.875. The average Bonchev–Trinajstić information content (AvgIpc) is 2.21. The highest BCUT2D eigenvalue weighted by atomic mass is 35.5. The van der Waals surface area contributed by atoms with E-state index in [4.69, 9.17) is 17.3 Å². The first kappa shape index (κ1) is 9.86. The van der Waals surface area contributed by atoms with Gasteiger partial charge in [-0.15, -0.1) is 5.11 Å². The fourth-order valence-corrected chi connectivity index (χ4v) is 1.71. The lowest BCUT2D eigenvalue weighted by Crippen LogP contribution is -2.42. The van der Waals surface area contributed by atoms with E-state index in [9.17, 15) is 0 Å². The largest absolute Gasteiger partial charge is 0.340 e. The van der Waals surface area contributed by atoms with Crippen LogP contribution in [0.15, 0.2) is 15.2 Å². The second-order valence-corrected chi connectivity index (χ2v) is 4.12. The summed E-state index contributed by atoms with van der Waals surface area (Å²) in [6.45, 7) is 2.38. The molecule has 5 nitrogen and oxygen atoms in total. The zero-order valence-corrected chi connectivity index (χ0v) is 8.69. The summed E-state index contributed by atoms with van der Waals surface area (Å²) >= 11 is 5.74. The normalized spacial score (nSPS) is 29.1. The van der Waals surface area contributed by atoms with Crippen LogP contribution < -0.4 is 5.73 Å². The molecule has 0 spiro atoms. The third-order valence-corrected chi connectivity index (χ3v) is 2.70. The van der Waals surface area contributed by atoms with E-state index in [-0.39, 0.29) is 5.50 Å². The second kappa shape index (κ2) is 4.23. The van der Waals surface area contributed by atoms with Crippen molar-refractivity contribution < 1.29 is 0 Å². The number of nitrogens with zero attached hydrogens (tertiary/aromatic N) is 4. The lowest BCUT2D eigenvalue weighted by atomic mass is 10.1. The van der Waals surface area contributed by atoms with Crippen LogP contribution in [0.5, 0.6) is 0 Å². The van der Waals surface area contributed by atoms with Gasteiger partial charge < -0.3 is 10.6 Å². The Morgan fingerprint density at radius 2 is 2.07 bits per heavy atom. The zero-order valence-electron chi connectivity index (χ0n) is 7.93. The van der Waals surface area contributed by atoms with E-state index in [1.807, 2.05) is 0 Å².